The number of ether oxygens (including phenoxy) is 2. The van der Waals surface area contributed by atoms with Gasteiger partial charge in [0.15, 0.2) is 11.3 Å². The lowest BCUT2D eigenvalue weighted by Gasteiger charge is -2.39. The molecule has 1 aliphatic heterocycles. The van der Waals surface area contributed by atoms with E-state index < -0.39 is 60.0 Å². The molecule has 0 bridgehead atoms. The number of benzene rings is 2. The Morgan fingerprint density at radius 2 is 1.62 bits per heavy atom. The molecule has 0 amide bonds. The van der Waals surface area contributed by atoms with Crippen molar-refractivity contribution in [2.75, 3.05) is 6.61 Å². The predicted molar refractivity (Wildman–Crippen MR) is 107 cm³/mol. The first-order valence-corrected chi connectivity index (χ1v) is 9.50. The first-order chi connectivity index (χ1) is 15.2. The smallest absolute Gasteiger partial charge is 0.229 e. The lowest BCUT2D eigenvalue weighted by atomic mass is 9.99. The van der Waals surface area contributed by atoms with E-state index in [9.17, 15) is 40.5 Å². The van der Waals surface area contributed by atoms with Crippen LogP contribution in [0.4, 0.5) is 0 Å². The molecule has 1 aliphatic rings. The van der Waals surface area contributed by atoms with Gasteiger partial charge in [-0.1, -0.05) is 12.1 Å². The molecule has 1 aromatic heterocycles. The van der Waals surface area contributed by atoms with Crippen molar-refractivity contribution in [3.05, 3.63) is 46.8 Å². The van der Waals surface area contributed by atoms with Crippen LogP contribution in [0, 0.1) is 0 Å². The molecule has 4 rings (SSSR count). The van der Waals surface area contributed by atoms with Crippen molar-refractivity contribution in [3.8, 4) is 34.1 Å². The third-order valence-corrected chi connectivity index (χ3v) is 5.22. The summed E-state index contributed by atoms with van der Waals surface area (Å²) in [5.41, 5.74) is -0.598. The zero-order chi connectivity index (χ0) is 23.2. The fraction of sp³-hybridized carbons (Fsp3) is 0.286. The van der Waals surface area contributed by atoms with Gasteiger partial charge in [0, 0.05) is 6.07 Å². The van der Waals surface area contributed by atoms with Crippen LogP contribution < -0.4 is 10.2 Å². The maximum absolute atomic E-state index is 13.0. The molecule has 11 heteroatoms. The van der Waals surface area contributed by atoms with E-state index in [4.69, 9.17) is 13.9 Å². The summed E-state index contributed by atoms with van der Waals surface area (Å²) in [4.78, 5) is 13.0. The Labute approximate surface area is 179 Å². The van der Waals surface area contributed by atoms with E-state index in [1.807, 2.05) is 0 Å². The number of fused-ring (bicyclic) bond motifs is 1. The highest BCUT2D eigenvalue weighted by Crippen LogP contribution is 2.41. The molecule has 1 fully saturated rings. The maximum atomic E-state index is 13.0. The SMILES string of the molecule is O=c1c(-c2ccc(O)cc2)coc2c(O[C@H]3O[C@H](CO)[C@H](O)[C@@H](O)[C@H]3O)c(O)cc(O)c12. The quantitative estimate of drug-likeness (QED) is 0.279. The van der Waals surface area contributed by atoms with E-state index in [1.165, 1.54) is 24.3 Å². The van der Waals surface area contributed by atoms with E-state index >= 15 is 0 Å². The van der Waals surface area contributed by atoms with Crippen LogP contribution in [0.15, 0.2) is 45.8 Å². The van der Waals surface area contributed by atoms with Gasteiger partial charge in [-0.15, -0.1) is 0 Å². The fourth-order valence-electron chi connectivity index (χ4n) is 3.49. The second-order valence-corrected chi connectivity index (χ2v) is 7.29. The van der Waals surface area contributed by atoms with Crippen LogP contribution in [-0.4, -0.2) is 73.1 Å². The standard InChI is InChI=1S/C21H20O11/c22-6-13-16(27)17(28)18(29)21(31-13)32-19-12(25)5-11(24)14-15(26)10(7-30-20(14)19)8-1-3-9(23)4-2-8/h1-5,7,13,16-18,21-25,27-29H,6H2/t13-,16+,17-,18-,21-/m1/s1. The molecule has 5 atom stereocenters. The summed E-state index contributed by atoms with van der Waals surface area (Å²) in [6.45, 7) is -0.696. The Bertz CT molecular complexity index is 1190. The van der Waals surface area contributed by atoms with E-state index in [2.05, 4.69) is 0 Å². The Kier molecular flexibility index (Phi) is 5.67. The number of aliphatic hydroxyl groups is 4. The van der Waals surface area contributed by atoms with Gasteiger partial charge in [0.05, 0.1) is 12.2 Å². The third-order valence-electron chi connectivity index (χ3n) is 5.22. The largest absolute Gasteiger partial charge is 0.508 e. The van der Waals surface area contributed by atoms with Crippen molar-refractivity contribution in [1.29, 1.82) is 0 Å². The summed E-state index contributed by atoms with van der Waals surface area (Å²) < 4.78 is 16.2. The van der Waals surface area contributed by atoms with Crippen LogP contribution in [-0.2, 0) is 4.74 Å². The highest BCUT2D eigenvalue weighted by atomic mass is 16.7. The van der Waals surface area contributed by atoms with Crippen LogP contribution in [0.2, 0.25) is 0 Å². The average Bonchev–Trinajstić information content (AvgIpc) is 2.77. The van der Waals surface area contributed by atoms with Crippen molar-refractivity contribution in [3.63, 3.8) is 0 Å². The molecule has 32 heavy (non-hydrogen) atoms. The Balaban J connectivity index is 1.80. The van der Waals surface area contributed by atoms with E-state index in [-0.39, 0.29) is 22.3 Å². The highest BCUT2D eigenvalue weighted by molar-refractivity contribution is 5.93. The second kappa shape index (κ2) is 8.30. The topological polar surface area (TPSA) is 190 Å². The number of phenolic OH excluding ortho intramolecular Hbond substituents is 3. The zero-order valence-electron chi connectivity index (χ0n) is 16.3. The first kappa shape index (κ1) is 21.9. The molecule has 2 aromatic carbocycles. The van der Waals surface area contributed by atoms with Crippen LogP contribution >= 0.6 is 0 Å². The minimum atomic E-state index is -1.78. The molecule has 0 aliphatic carbocycles. The summed E-state index contributed by atoms with van der Waals surface area (Å²) in [6, 6.07) is 6.50. The molecule has 2 heterocycles. The number of hydrogen-bond acceptors (Lipinski definition) is 11. The lowest BCUT2D eigenvalue weighted by Crippen LogP contribution is -2.60. The zero-order valence-corrected chi connectivity index (χ0v) is 16.3. The summed E-state index contributed by atoms with van der Waals surface area (Å²) in [7, 11) is 0. The summed E-state index contributed by atoms with van der Waals surface area (Å²) in [5, 5.41) is 69.0. The lowest BCUT2D eigenvalue weighted by molar-refractivity contribution is -0.277. The van der Waals surface area contributed by atoms with Gasteiger partial charge >= 0.3 is 0 Å². The maximum Gasteiger partial charge on any atom is 0.229 e. The molecular weight excluding hydrogens is 428 g/mol. The summed E-state index contributed by atoms with van der Waals surface area (Å²) in [5.74, 6) is -1.75. The minimum absolute atomic E-state index is 0.0121. The van der Waals surface area contributed by atoms with Gasteiger partial charge in [0.25, 0.3) is 0 Å². The molecular formula is C21H20O11. The van der Waals surface area contributed by atoms with Crippen molar-refractivity contribution in [2.45, 2.75) is 30.7 Å². The Morgan fingerprint density at radius 3 is 2.28 bits per heavy atom. The highest BCUT2D eigenvalue weighted by Gasteiger charge is 2.45. The van der Waals surface area contributed by atoms with Crippen molar-refractivity contribution >= 4 is 11.0 Å². The fourth-order valence-corrected chi connectivity index (χ4v) is 3.49. The van der Waals surface area contributed by atoms with Gasteiger partial charge in [-0.05, 0) is 17.7 Å². The molecule has 11 nitrogen and oxygen atoms in total. The molecule has 3 aromatic rings. The van der Waals surface area contributed by atoms with Crippen LogP contribution in [0.3, 0.4) is 0 Å². The van der Waals surface area contributed by atoms with Crippen LogP contribution in [0.25, 0.3) is 22.1 Å². The summed E-state index contributed by atoms with van der Waals surface area (Å²) >= 11 is 0. The molecule has 170 valence electrons. The van der Waals surface area contributed by atoms with Gasteiger partial charge in [0.1, 0.15) is 47.6 Å². The Hall–Kier alpha value is -3.35. The monoisotopic (exact) mass is 448 g/mol. The van der Waals surface area contributed by atoms with Gasteiger partial charge in [0.2, 0.25) is 17.5 Å². The number of phenols is 3. The Morgan fingerprint density at radius 1 is 0.938 bits per heavy atom. The first-order valence-electron chi connectivity index (χ1n) is 9.50. The van der Waals surface area contributed by atoms with Crippen molar-refractivity contribution < 1.29 is 49.6 Å². The normalized spacial score (nSPS) is 25.7. The minimum Gasteiger partial charge on any atom is -0.508 e. The number of aliphatic hydroxyl groups excluding tert-OH is 4. The van der Waals surface area contributed by atoms with E-state index in [1.54, 1.807) is 0 Å². The van der Waals surface area contributed by atoms with Crippen molar-refractivity contribution in [1.82, 2.24) is 0 Å². The summed E-state index contributed by atoms with van der Waals surface area (Å²) in [6.07, 6.45) is -6.99. The molecule has 0 spiro atoms. The average molecular weight is 448 g/mol. The molecule has 0 unspecified atom stereocenters. The number of aromatic hydroxyl groups is 3. The van der Waals surface area contributed by atoms with Crippen LogP contribution in [0.5, 0.6) is 23.0 Å². The third kappa shape index (κ3) is 3.61. The molecule has 0 radical (unpaired) electrons. The van der Waals surface area contributed by atoms with Gasteiger partial charge in [-0.3, -0.25) is 4.79 Å². The van der Waals surface area contributed by atoms with Crippen LogP contribution in [0.1, 0.15) is 0 Å². The van der Waals surface area contributed by atoms with Gasteiger partial charge in [-0.2, -0.15) is 0 Å². The van der Waals surface area contributed by atoms with Gasteiger partial charge < -0.3 is 49.6 Å². The van der Waals surface area contributed by atoms with Gasteiger partial charge in [-0.25, -0.2) is 0 Å². The molecule has 0 saturated carbocycles. The second-order valence-electron chi connectivity index (χ2n) is 7.29. The van der Waals surface area contributed by atoms with E-state index in [0.29, 0.717) is 5.56 Å². The van der Waals surface area contributed by atoms with Crippen molar-refractivity contribution in [2.24, 2.45) is 0 Å². The van der Waals surface area contributed by atoms with E-state index in [0.717, 1.165) is 12.3 Å². The molecule has 1 saturated heterocycles. The number of rotatable bonds is 4. The predicted octanol–water partition coefficient (Wildman–Crippen LogP) is -0.245. The molecule has 7 N–H and O–H groups in total. The number of hydrogen-bond donors (Lipinski definition) is 7.